The van der Waals surface area contributed by atoms with E-state index in [0.717, 1.165) is 12.8 Å². The molecule has 80 valence electrons. The first-order valence-corrected chi connectivity index (χ1v) is 5.12. The Kier molecular flexibility index (Phi) is 2.52. The summed E-state index contributed by atoms with van der Waals surface area (Å²) in [6.45, 7) is 1.65. The highest BCUT2D eigenvalue weighted by molar-refractivity contribution is 6.29. The van der Waals surface area contributed by atoms with Crippen LogP contribution in [0.2, 0.25) is 5.15 Å². The van der Waals surface area contributed by atoms with Crippen LogP contribution in [0.25, 0.3) is 0 Å². The predicted octanol–water partition coefficient (Wildman–Crippen LogP) is 2.32. The molecule has 0 unspecified atom stereocenters. The third-order valence-corrected chi connectivity index (χ3v) is 2.51. The molecule has 1 fully saturated rings. The summed E-state index contributed by atoms with van der Waals surface area (Å²) in [6.07, 6.45) is 2.16. The molecular weight excluding hydrogens is 216 g/mol. The molecule has 0 saturated heterocycles. The molecule has 0 spiro atoms. The molecule has 1 heterocycles. The molecule has 15 heavy (non-hydrogen) atoms. The number of pyridine rings is 1. The van der Waals surface area contributed by atoms with Crippen LogP contribution >= 0.6 is 11.6 Å². The van der Waals surface area contributed by atoms with Gasteiger partial charge in [-0.15, -0.1) is 0 Å². The highest BCUT2D eigenvalue weighted by Crippen LogP contribution is 2.29. The molecule has 0 radical (unpaired) electrons. The molecule has 0 aromatic carbocycles. The van der Waals surface area contributed by atoms with Gasteiger partial charge in [0.15, 0.2) is 0 Å². The van der Waals surface area contributed by atoms with Gasteiger partial charge in [-0.1, -0.05) is 11.6 Å². The van der Waals surface area contributed by atoms with Crippen molar-refractivity contribution in [2.45, 2.75) is 25.8 Å². The Balaban J connectivity index is 2.42. The zero-order valence-corrected chi connectivity index (χ0v) is 9.01. The third kappa shape index (κ3) is 2.21. The lowest BCUT2D eigenvalue weighted by Crippen LogP contribution is -2.10. The molecule has 0 atom stereocenters. The maximum absolute atomic E-state index is 11.0. The minimum atomic E-state index is -0.972. The Morgan fingerprint density at radius 1 is 1.67 bits per heavy atom. The number of halogens is 1. The van der Waals surface area contributed by atoms with Crippen molar-refractivity contribution < 1.29 is 9.90 Å². The largest absolute Gasteiger partial charge is 0.478 e. The van der Waals surface area contributed by atoms with Gasteiger partial charge in [-0.25, -0.2) is 9.78 Å². The summed E-state index contributed by atoms with van der Waals surface area (Å²) in [5.74, 6) is -0.972. The molecule has 1 aliphatic carbocycles. The minimum Gasteiger partial charge on any atom is -0.478 e. The number of hydrogen-bond acceptors (Lipinski definition) is 3. The van der Waals surface area contributed by atoms with Gasteiger partial charge >= 0.3 is 5.97 Å². The Morgan fingerprint density at radius 2 is 2.33 bits per heavy atom. The fourth-order valence-corrected chi connectivity index (χ4v) is 1.70. The maximum atomic E-state index is 11.0. The fraction of sp³-hybridized carbons (Fsp3) is 0.400. The average molecular weight is 227 g/mol. The molecule has 4 nitrogen and oxygen atoms in total. The zero-order valence-electron chi connectivity index (χ0n) is 8.25. The third-order valence-electron chi connectivity index (χ3n) is 2.32. The molecule has 2 rings (SSSR count). The topological polar surface area (TPSA) is 62.2 Å². The van der Waals surface area contributed by atoms with E-state index in [4.69, 9.17) is 16.7 Å². The van der Waals surface area contributed by atoms with Crippen molar-refractivity contribution in [3.8, 4) is 0 Å². The summed E-state index contributed by atoms with van der Waals surface area (Å²) in [4.78, 5) is 15.0. The van der Waals surface area contributed by atoms with Gasteiger partial charge in [0.25, 0.3) is 0 Å². The molecule has 0 amide bonds. The van der Waals surface area contributed by atoms with E-state index in [2.05, 4.69) is 10.3 Å². The zero-order chi connectivity index (χ0) is 11.0. The van der Waals surface area contributed by atoms with Gasteiger partial charge in [0, 0.05) is 6.04 Å². The van der Waals surface area contributed by atoms with E-state index in [9.17, 15) is 4.79 Å². The monoisotopic (exact) mass is 226 g/mol. The molecular formula is C10H11ClN2O2. The van der Waals surface area contributed by atoms with Crippen molar-refractivity contribution in [1.82, 2.24) is 4.98 Å². The first kappa shape index (κ1) is 10.2. The van der Waals surface area contributed by atoms with Crippen molar-refractivity contribution in [3.05, 3.63) is 22.5 Å². The first-order valence-electron chi connectivity index (χ1n) is 4.75. The number of rotatable bonds is 3. The lowest BCUT2D eigenvalue weighted by atomic mass is 10.1. The quantitative estimate of drug-likeness (QED) is 0.777. The standard InChI is InChI=1S/C10H11ClN2O2/c1-5-9(10(14)15)7(4-8(11)12-5)13-6-2-3-6/h4,6H,2-3H2,1H3,(H,12,13)(H,14,15). The van der Waals surface area contributed by atoms with Crippen LogP contribution in [0.3, 0.4) is 0 Å². The number of carbonyl (C=O) groups is 1. The van der Waals surface area contributed by atoms with Crippen molar-refractivity contribution in [1.29, 1.82) is 0 Å². The molecule has 1 aromatic heterocycles. The molecule has 0 aliphatic heterocycles. The number of hydrogen-bond donors (Lipinski definition) is 2. The summed E-state index contributed by atoms with van der Waals surface area (Å²) in [5.41, 5.74) is 1.23. The van der Waals surface area contributed by atoms with Gasteiger partial charge in [0.2, 0.25) is 0 Å². The smallest absolute Gasteiger partial charge is 0.339 e. The lowest BCUT2D eigenvalue weighted by Gasteiger charge is -2.10. The Bertz CT molecular complexity index is 416. The van der Waals surface area contributed by atoms with E-state index >= 15 is 0 Å². The summed E-state index contributed by atoms with van der Waals surface area (Å²) in [6, 6.07) is 1.96. The normalized spacial score (nSPS) is 15.1. The van der Waals surface area contributed by atoms with E-state index < -0.39 is 5.97 Å². The van der Waals surface area contributed by atoms with Crippen molar-refractivity contribution >= 4 is 23.3 Å². The summed E-state index contributed by atoms with van der Waals surface area (Å²) in [7, 11) is 0. The molecule has 1 aromatic rings. The average Bonchev–Trinajstić information content (AvgIpc) is 2.85. The van der Waals surface area contributed by atoms with Crippen LogP contribution in [0.4, 0.5) is 5.69 Å². The predicted molar refractivity (Wildman–Crippen MR) is 57.6 cm³/mol. The van der Waals surface area contributed by atoms with Crippen LogP contribution < -0.4 is 5.32 Å². The van der Waals surface area contributed by atoms with Crippen LogP contribution in [0.1, 0.15) is 28.9 Å². The number of aromatic carboxylic acids is 1. The lowest BCUT2D eigenvalue weighted by molar-refractivity contribution is 0.0696. The van der Waals surface area contributed by atoms with E-state index in [1.165, 1.54) is 0 Å². The first-order chi connectivity index (χ1) is 7.08. The number of aromatic nitrogens is 1. The van der Waals surface area contributed by atoms with Gasteiger partial charge in [-0.05, 0) is 25.8 Å². The Hall–Kier alpha value is -1.29. The number of nitrogens with one attached hydrogen (secondary N) is 1. The molecule has 0 bridgehead atoms. The van der Waals surface area contributed by atoms with Gasteiger partial charge in [0.05, 0.1) is 11.4 Å². The van der Waals surface area contributed by atoms with Gasteiger partial charge < -0.3 is 10.4 Å². The number of carboxylic acids is 1. The molecule has 2 N–H and O–H groups in total. The summed E-state index contributed by atoms with van der Waals surface area (Å²) >= 11 is 5.79. The highest BCUT2D eigenvalue weighted by Gasteiger charge is 2.24. The van der Waals surface area contributed by atoms with Crippen LogP contribution in [0.15, 0.2) is 6.07 Å². The number of nitrogens with zero attached hydrogens (tertiary/aromatic N) is 1. The Labute approximate surface area is 92.3 Å². The van der Waals surface area contributed by atoms with Crippen LogP contribution in [-0.2, 0) is 0 Å². The van der Waals surface area contributed by atoms with Crippen molar-refractivity contribution in [2.75, 3.05) is 5.32 Å². The molecule has 1 aliphatic rings. The SMILES string of the molecule is Cc1nc(Cl)cc(NC2CC2)c1C(=O)O. The minimum absolute atomic E-state index is 0.214. The molecule has 1 saturated carbocycles. The fourth-order valence-electron chi connectivity index (χ4n) is 1.47. The van der Waals surface area contributed by atoms with Crippen molar-refractivity contribution in [2.24, 2.45) is 0 Å². The van der Waals surface area contributed by atoms with Gasteiger partial charge in [-0.2, -0.15) is 0 Å². The highest BCUT2D eigenvalue weighted by atomic mass is 35.5. The second-order valence-electron chi connectivity index (χ2n) is 3.68. The van der Waals surface area contributed by atoms with E-state index in [-0.39, 0.29) is 5.56 Å². The second kappa shape index (κ2) is 3.70. The summed E-state index contributed by atoms with van der Waals surface area (Å²) in [5, 5.41) is 12.5. The number of aryl methyl sites for hydroxylation is 1. The van der Waals surface area contributed by atoms with E-state index in [1.807, 2.05) is 0 Å². The molecule has 5 heteroatoms. The Morgan fingerprint density at radius 3 is 2.87 bits per heavy atom. The van der Waals surface area contributed by atoms with Crippen LogP contribution in [0.5, 0.6) is 0 Å². The second-order valence-corrected chi connectivity index (χ2v) is 4.06. The van der Waals surface area contributed by atoms with Crippen LogP contribution in [0, 0.1) is 6.92 Å². The van der Waals surface area contributed by atoms with Gasteiger partial charge in [-0.3, -0.25) is 0 Å². The van der Waals surface area contributed by atoms with E-state index in [0.29, 0.717) is 22.6 Å². The van der Waals surface area contributed by atoms with Crippen LogP contribution in [-0.4, -0.2) is 22.1 Å². The number of carboxylic acid groups (broad SMARTS) is 1. The maximum Gasteiger partial charge on any atom is 0.339 e. The number of anilines is 1. The summed E-state index contributed by atoms with van der Waals surface area (Å²) < 4.78 is 0. The van der Waals surface area contributed by atoms with Gasteiger partial charge in [0.1, 0.15) is 10.7 Å². The van der Waals surface area contributed by atoms with E-state index in [1.54, 1.807) is 13.0 Å². The van der Waals surface area contributed by atoms with Crippen molar-refractivity contribution in [3.63, 3.8) is 0 Å².